The Labute approximate surface area is 168 Å². The molecule has 1 amide bonds. The molecule has 0 aliphatic carbocycles. The van der Waals surface area contributed by atoms with Crippen LogP contribution in [0.15, 0.2) is 53.1 Å². The van der Waals surface area contributed by atoms with E-state index in [2.05, 4.69) is 12.1 Å². The van der Waals surface area contributed by atoms with E-state index in [-0.39, 0.29) is 12.5 Å². The van der Waals surface area contributed by atoms with Gasteiger partial charge in [-0.25, -0.2) is 0 Å². The molecule has 4 rings (SSSR count). The molecule has 2 aromatic carbocycles. The number of amides is 1. The second-order valence-corrected chi connectivity index (χ2v) is 7.20. The van der Waals surface area contributed by atoms with Gasteiger partial charge in [-0.05, 0) is 42.3 Å². The Bertz CT molecular complexity index is 982. The molecule has 0 N–H and O–H groups in total. The molecule has 28 heavy (non-hydrogen) atoms. The van der Waals surface area contributed by atoms with Gasteiger partial charge in [-0.1, -0.05) is 41.9 Å². The van der Waals surface area contributed by atoms with E-state index in [4.69, 9.17) is 20.9 Å². The molecule has 2 heterocycles. The van der Waals surface area contributed by atoms with Crippen LogP contribution in [0.4, 0.5) is 0 Å². The Morgan fingerprint density at radius 2 is 2.00 bits per heavy atom. The summed E-state index contributed by atoms with van der Waals surface area (Å²) in [5.74, 6) is 1.42. The molecule has 0 spiro atoms. The lowest BCUT2D eigenvalue weighted by atomic mass is 10.0. The number of carbonyl (C=O) groups is 1. The molecule has 0 unspecified atom stereocenters. The molecule has 0 atom stereocenters. The van der Waals surface area contributed by atoms with Gasteiger partial charge in [-0.15, -0.1) is 0 Å². The van der Waals surface area contributed by atoms with Crippen LogP contribution in [0.25, 0.3) is 11.3 Å². The highest BCUT2D eigenvalue weighted by atomic mass is 35.5. The predicted octanol–water partition coefficient (Wildman–Crippen LogP) is 4.52. The number of carbonyl (C=O) groups excluding carboxylic acids is 1. The van der Waals surface area contributed by atoms with Crippen molar-refractivity contribution in [1.82, 2.24) is 10.1 Å². The number of nitrogens with zero attached hydrogens (tertiary/aromatic N) is 2. The zero-order chi connectivity index (χ0) is 19.5. The van der Waals surface area contributed by atoms with Gasteiger partial charge in [-0.3, -0.25) is 4.79 Å². The summed E-state index contributed by atoms with van der Waals surface area (Å²) in [5, 5.41) is 4.85. The Morgan fingerprint density at radius 3 is 2.79 bits per heavy atom. The van der Waals surface area contributed by atoms with E-state index < -0.39 is 0 Å². The van der Waals surface area contributed by atoms with Gasteiger partial charge in [0.25, 0.3) is 5.91 Å². The normalized spacial score (nSPS) is 13.3. The zero-order valence-corrected chi connectivity index (χ0v) is 16.4. The molecule has 1 aromatic heterocycles. The Kier molecular flexibility index (Phi) is 5.35. The smallest absolute Gasteiger partial charge is 0.260 e. The minimum atomic E-state index is -0.0418. The zero-order valence-electron chi connectivity index (χ0n) is 15.7. The van der Waals surface area contributed by atoms with E-state index in [0.29, 0.717) is 30.3 Å². The first-order valence-corrected chi connectivity index (χ1v) is 9.75. The van der Waals surface area contributed by atoms with Crippen LogP contribution in [0.1, 0.15) is 23.7 Å². The van der Waals surface area contributed by atoms with Gasteiger partial charge in [0, 0.05) is 29.1 Å². The molecule has 0 fully saturated rings. The highest BCUT2D eigenvalue weighted by Gasteiger charge is 2.27. The molecular weight excluding hydrogens is 376 g/mol. The number of hydrogen-bond donors (Lipinski definition) is 0. The lowest BCUT2D eigenvalue weighted by Crippen LogP contribution is -2.38. The van der Waals surface area contributed by atoms with Crippen molar-refractivity contribution in [2.75, 3.05) is 13.2 Å². The fourth-order valence-electron chi connectivity index (χ4n) is 3.42. The molecular formula is C22H21ClN2O3. The third-order valence-electron chi connectivity index (χ3n) is 5.00. The summed E-state index contributed by atoms with van der Waals surface area (Å²) in [4.78, 5) is 14.5. The van der Waals surface area contributed by atoms with Gasteiger partial charge in [-0.2, -0.15) is 0 Å². The van der Waals surface area contributed by atoms with Crippen molar-refractivity contribution in [3.8, 4) is 17.1 Å². The summed E-state index contributed by atoms with van der Waals surface area (Å²) < 4.78 is 11.4. The molecule has 0 saturated carbocycles. The lowest BCUT2D eigenvalue weighted by molar-refractivity contribution is -0.134. The average Bonchev–Trinajstić information content (AvgIpc) is 3.16. The SMILES string of the molecule is CCc1ccccc1OCC(=O)N1CCc2noc(-c3ccc(Cl)cc3)c2C1. The van der Waals surface area contributed by atoms with Gasteiger partial charge in [0.15, 0.2) is 12.4 Å². The topological polar surface area (TPSA) is 55.6 Å². The summed E-state index contributed by atoms with van der Waals surface area (Å²) >= 11 is 5.98. The van der Waals surface area contributed by atoms with E-state index in [1.54, 1.807) is 4.90 Å². The standard InChI is InChI=1S/C22H21ClN2O3/c1-2-15-5-3-4-6-20(15)27-14-21(26)25-12-11-19-18(13-25)22(28-24-19)16-7-9-17(23)10-8-16/h3-10H,2,11-14H2,1H3. The van der Waals surface area contributed by atoms with Gasteiger partial charge in [0.05, 0.1) is 12.2 Å². The van der Waals surface area contributed by atoms with Crippen molar-refractivity contribution in [3.05, 3.63) is 70.4 Å². The first kappa shape index (κ1) is 18.6. The highest BCUT2D eigenvalue weighted by molar-refractivity contribution is 6.30. The number of hydrogen-bond acceptors (Lipinski definition) is 4. The first-order valence-electron chi connectivity index (χ1n) is 9.37. The predicted molar refractivity (Wildman–Crippen MR) is 107 cm³/mol. The summed E-state index contributed by atoms with van der Waals surface area (Å²) in [6.45, 7) is 3.17. The molecule has 1 aliphatic heterocycles. The Balaban J connectivity index is 1.47. The molecule has 0 radical (unpaired) electrons. The van der Waals surface area contributed by atoms with Crippen LogP contribution < -0.4 is 4.74 Å². The maximum Gasteiger partial charge on any atom is 0.260 e. The first-order chi connectivity index (χ1) is 13.7. The number of ether oxygens (including phenoxy) is 1. The maximum atomic E-state index is 12.7. The van der Waals surface area contributed by atoms with Crippen molar-refractivity contribution in [2.45, 2.75) is 26.3 Å². The highest BCUT2D eigenvalue weighted by Crippen LogP contribution is 2.31. The van der Waals surface area contributed by atoms with Crippen LogP contribution in [-0.4, -0.2) is 29.1 Å². The summed E-state index contributed by atoms with van der Waals surface area (Å²) in [6, 6.07) is 15.2. The van der Waals surface area contributed by atoms with E-state index >= 15 is 0 Å². The maximum absolute atomic E-state index is 12.7. The van der Waals surface area contributed by atoms with Gasteiger partial charge in [0.1, 0.15) is 5.75 Å². The number of aromatic nitrogens is 1. The number of halogens is 1. The van der Waals surface area contributed by atoms with E-state index in [9.17, 15) is 4.79 Å². The molecule has 0 bridgehead atoms. The van der Waals surface area contributed by atoms with Gasteiger partial charge in [0.2, 0.25) is 0 Å². The third kappa shape index (κ3) is 3.76. The number of rotatable bonds is 5. The number of para-hydroxylation sites is 1. The third-order valence-corrected chi connectivity index (χ3v) is 5.25. The average molecular weight is 397 g/mol. The number of aryl methyl sites for hydroxylation is 1. The molecule has 144 valence electrons. The fraction of sp³-hybridized carbons (Fsp3) is 0.273. The van der Waals surface area contributed by atoms with Gasteiger partial charge >= 0.3 is 0 Å². The van der Waals surface area contributed by atoms with Crippen LogP contribution >= 0.6 is 11.6 Å². The van der Waals surface area contributed by atoms with Crippen molar-refractivity contribution >= 4 is 17.5 Å². The van der Waals surface area contributed by atoms with Crippen LogP contribution in [-0.2, 0) is 24.2 Å². The number of fused-ring (bicyclic) bond motifs is 1. The van der Waals surface area contributed by atoms with Gasteiger partial charge < -0.3 is 14.2 Å². The van der Waals surface area contributed by atoms with Crippen LogP contribution in [0.5, 0.6) is 5.75 Å². The van der Waals surface area contributed by atoms with Crippen molar-refractivity contribution < 1.29 is 14.1 Å². The summed E-state index contributed by atoms with van der Waals surface area (Å²) in [5.41, 5.74) is 3.86. The molecule has 1 aliphatic rings. The van der Waals surface area contributed by atoms with Crippen LogP contribution in [0, 0.1) is 0 Å². The second-order valence-electron chi connectivity index (χ2n) is 6.76. The minimum Gasteiger partial charge on any atom is -0.483 e. The van der Waals surface area contributed by atoms with Crippen molar-refractivity contribution in [3.63, 3.8) is 0 Å². The van der Waals surface area contributed by atoms with Crippen LogP contribution in [0.2, 0.25) is 5.02 Å². The number of benzene rings is 2. The summed E-state index contributed by atoms with van der Waals surface area (Å²) in [6.07, 6.45) is 1.53. The van der Waals surface area contributed by atoms with Crippen molar-refractivity contribution in [2.24, 2.45) is 0 Å². The minimum absolute atomic E-state index is 0.0217. The van der Waals surface area contributed by atoms with Crippen LogP contribution in [0.3, 0.4) is 0 Å². The molecule has 0 saturated heterocycles. The lowest BCUT2D eigenvalue weighted by Gasteiger charge is -2.26. The van der Waals surface area contributed by atoms with E-state index in [1.165, 1.54) is 0 Å². The van der Waals surface area contributed by atoms with Crippen molar-refractivity contribution in [1.29, 1.82) is 0 Å². The largest absolute Gasteiger partial charge is 0.483 e. The second kappa shape index (κ2) is 8.07. The molecule has 6 heteroatoms. The van der Waals surface area contributed by atoms with E-state index in [0.717, 1.165) is 34.6 Å². The quantitative estimate of drug-likeness (QED) is 0.636. The fourth-order valence-corrected chi connectivity index (χ4v) is 3.55. The Hall–Kier alpha value is -2.79. The molecule has 3 aromatic rings. The van der Waals surface area contributed by atoms with E-state index in [1.807, 2.05) is 48.5 Å². The monoisotopic (exact) mass is 396 g/mol. The molecule has 5 nitrogen and oxygen atoms in total. The Morgan fingerprint density at radius 1 is 1.21 bits per heavy atom. The summed E-state index contributed by atoms with van der Waals surface area (Å²) in [7, 11) is 0.